The van der Waals surface area contributed by atoms with Gasteiger partial charge >= 0.3 is 0 Å². The lowest BCUT2D eigenvalue weighted by atomic mass is 10.0. The first-order chi connectivity index (χ1) is 12.9. The Morgan fingerprint density at radius 3 is 2.81 bits per heavy atom. The molecule has 0 radical (unpaired) electrons. The molecule has 2 aromatic heterocycles. The lowest BCUT2D eigenvalue weighted by molar-refractivity contribution is -0.127. The van der Waals surface area contributed by atoms with Crippen molar-refractivity contribution in [1.29, 1.82) is 0 Å². The largest absolute Gasteiger partial charge is 0.481 e. The predicted octanol–water partition coefficient (Wildman–Crippen LogP) is 4.31. The molecule has 0 unspecified atom stereocenters. The Morgan fingerprint density at radius 2 is 2.11 bits per heavy atom. The van der Waals surface area contributed by atoms with Gasteiger partial charge in [0.1, 0.15) is 5.75 Å². The maximum absolute atomic E-state index is 12.4. The molecule has 1 aromatic carbocycles. The topological polar surface area (TPSA) is 77.2 Å². The molecule has 1 atom stereocenters. The van der Waals surface area contributed by atoms with Crippen molar-refractivity contribution < 1.29 is 14.1 Å². The summed E-state index contributed by atoms with van der Waals surface area (Å²) in [5.74, 6) is 1.70. The number of aromatic nitrogens is 2. The molecule has 0 aliphatic carbocycles. The first-order valence-corrected chi connectivity index (χ1v) is 9.73. The van der Waals surface area contributed by atoms with Crippen LogP contribution in [-0.4, -0.2) is 22.2 Å². The van der Waals surface area contributed by atoms with Crippen LogP contribution in [0.1, 0.15) is 43.7 Å². The normalized spacial score (nSPS) is 12.2. The van der Waals surface area contributed by atoms with Crippen LogP contribution in [0.4, 0.5) is 0 Å². The number of hydrogen-bond acceptors (Lipinski definition) is 6. The highest BCUT2D eigenvalue weighted by molar-refractivity contribution is 7.13. The van der Waals surface area contributed by atoms with Crippen molar-refractivity contribution in [2.24, 2.45) is 0 Å². The van der Waals surface area contributed by atoms with E-state index in [0.717, 1.165) is 21.8 Å². The lowest BCUT2D eigenvalue weighted by Gasteiger charge is -2.19. The Bertz CT molecular complexity index is 903. The van der Waals surface area contributed by atoms with Crippen molar-refractivity contribution >= 4 is 17.2 Å². The number of carbonyl (C=O) groups excluding carboxylic acids is 1. The molecule has 0 bridgehead atoms. The number of aryl methyl sites for hydroxylation is 1. The van der Waals surface area contributed by atoms with Crippen molar-refractivity contribution in [2.75, 3.05) is 0 Å². The fourth-order valence-corrected chi connectivity index (χ4v) is 3.25. The van der Waals surface area contributed by atoms with Crippen LogP contribution in [0, 0.1) is 6.92 Å². The summed E-state index contributed by atoms with van der Waals surface area (Å²) in [6.45, 7) is 8.09. The van der Waals surface area contributed by atoms with E-state index in [-0.39, 0.29) is 12.5 Å². The number of nitrogens with zero attached hydrogens (tertiary/aromatic N) is 2. The standard InChI is InChI=1S/C20H23N3O3S/c1-12(2)15-8-7-13(3)10-16(15)25-14(4)20(24)21-11-18-22-19(23-26-18)17-6-5-9-27-17/h5-10,12,14H,11H2,1-4H3,(H,21,24)/t14-/m1/s1. The van der Waals surface area contributed by atoms with Crippen molar-refractivity contribution in [2.45, 2.75) is 46.3 Å². The van der Waals surface area contributed by atoms with Crippen LogP contribution in [0.15, 0.2) is 40.2 Å². The van der Waals surface area contributed by atoms with Gasteiger partial charge in [-0.2, -0.15) is 4.98 Å². The smallest absolute Gasteiger partial charge is 0.261 e. The summed E-state index contributed by atoms with van der Waals surface area (Å²) in [6, 6.07) is 9.90. The SMILES string of the molecule is Cc1ccc(C(C)C)c(O[C@H](C)C(=O)NCc2nc(-c3cccs3)no2)c1. The minimum Gasteiger partial charge on any atom is -0.481 e. The number of rotatable bonds is 7. The van der Waals surface area contributed by atoms with E-state index in [1.165, 1.54) is 11.3 Å². The highest BCUT2D eigenvalue weighted by Crippen LogP contribution is 2.28. The van der Waals surface area contributed by atoms with Gasteiger partial charge in [-0.1, -0.05) is 37.2 Å². The summed E-state index contributed by atoms with van der Waals surface area (Å²) >= 11 is 1.53. The molecule has 142 valence electrons. The van der Waals surface area contributed by atoms with Crippen molar-refractivity contribution in [3.63, 3.8) is 0 Å². The van der Waals surface area contributed by atoms with Crippen molar-refractivity contribution in [3.8, 4) is 16.5 Å². The summed E-state index contributed by atoms with van der Waals surface area (Å²) in [4.78, 5) is 17.6. The summed E-state index contributed by atoms with van der Waals surface area (Å²) in [6.07, 6.45) is -0.635. The molecular formula is C20H23N3O3S. The zero-order chi connectivity index (χ0) is 19.4. The van der Waals surface area contributed by atoms with Gasteiger partial charge in [0.05, 0.1) is 11.4 Å². The van der Waals surface area contributed by atoms with Gasteiger partial charge in [0.25, 0.3) is 5.91 Å². The number of carbonyl (C=O) groups is 1. The quantitative estimate of drug-likeness (QED) is 0.656. The molecule has 0 fully saturated rings. The van der Waals surface area contributed by atoms with Gasteiger partial charge in [0.2, 0.25) is 11.7 Å². The highest BCUT2D eigenvalue weighted by atomic mass is 32.1. The zero-order valence-electron chi connectivity index (χ0n) is 15.9. The second-order valence-corrected chi connectivity index (χ2v) is 7.61. The van der Waals surface area contributed by atoms with Crippen LogP contribution in [0.5, 0.6) is 5.75 Å². The molecule has 3 rings (SSSR count). The Morgan fingerprint density at radius 1 is 1.30 bits per heavy atom. The third-order valence-corrected chi connectivity index (χ3v) is 4.95. The average molecular weight is 385 g/mol. The molecular weight excluding hydrogens is 362 g/mol. The van der Waals surface area contributed by atoms with E-state index in [2.05, 4.69) is 29.3 Å². The van der Waals surface area contributed by atoms with Crippen molar-refractivity contribution in [3.05, 3.63) is 52.7 Å². The molecule has 0 aliphatic heterocycles. The number of benzene rings is 1. The predicted molar refractivity (Wildman–Crippen MR) is 105 cm³/mol. The van der Waals surface area contributed by atoms with Crippen LogP contribution < -0.4 is 10.1 Å². The minimum atomic E-state index is -0.635. The van der Waals surface area contributed by atoms with E-state index in [4.69, 9.17) is 9.26 Å². The second kappa shape index (κ2) is 8.35. The molecule has 1 amide bonds. The lowest BCUT2D eigenvalue weighted by Crippen LogP contribution is -2.36. The van der Waals surface area contributed by atoms with Crippen LogP contribution in [-0.2, 0) is 11.3 Å². The first kappa shape index (κ1) is 19.1. The fraction of sp³-hybridized carbons (Fsp3) is 0.350. The number of ether oxygens (including phenoxy) is 1. The van der Waals surface area contributed by atoms with E-state index < -0.39 is 6.10 Å². The van der Waals surface area contributed by atoms with E-state index in [0.29, 0.717) is 17.6 Å². The number of hydrogen-bond donors (Lipinski definition) is 1. The Kier molecular flexibility index (Phi) is 5.91. The number of thiophene rings is 1. The molecule has 2 heterocycles. The van der Waals surface area contributed by atoms with Gasteiger partial charge in [0, 0.05) is 0 Å². The van der Waals surface area contributed by atoms with Crippen LogP contribution in [0.3, 0.4) is 0 Å². The molecule has 1 N–H and O–H groups in total. The Balaban J connectivity index is 1.59. The minimum absolute atomic E-state index is 0.162. The van der Waals surface area contributed by atoms with Gasteiger partial charge in [-0.25, -0.2) is 0 Å². The van der Waals surface area contributed by atoms with E-state index in [1.807, 2.05) is 42.6 Å². The van der Waals surface area contributed by atoms with E-state index in [9.17, 15) is 4.79 Å². The van der Waals surface area contributed by atoms with E-state index in [1.54, 1.807) is 6.92 Å². The molecule has 0 spiro atoms. The average Bonchev–Trinajstić information content (AvgIpc) is 3.30. The summed E-state index contributed by atoms with van der Waals surface area (Å²) < 4.78 is 11.1. The first-order valence-electron chi connectivity index (χ1n) is 8.85. The fourth-order valence-electron chi connectivity index (χ4n) is 2.60. The maximum Gasteiger partial charge on any atom is 0.261 e. The van der Waals surface area contributed by atoms with Gasteiger partial charge < -0.3 is 14.6 Å². The van der Waals surface area contributed by atoms with Gasteiger partial charge in [-0.15, -0.1) is 11.3 Å². The maximum atomic E-state index is 12.4. The summed E-state index contributed by atoms with van der Waals surface area (Å²) in [7, 11) is 0. The molecule has 6 nitrogen and oxygen atoms in total. The monoisotopic (exact) mass is 385 g/mol. The summed E-state index contributed by atoms with van der Waals surface area (Å²) in [5, 5.41) is 8.66. The van der Waals surface area contributed by atoms with Crippen LogP contribution in [0.25, 0.3) is 10.7 Å². The number of nitrogens with one attached hydrogen (secondary N) is 1. The van der Waals surface area contributed by atoms with Crippen LogP contribution in [0.2, 0.25) is 0 Å². The van der Waals surface area contributed by atoms with Gasteiger partial charge in [-0.3, -0.25) is 4.79 Å². The third-order valence-electron chi connectivity index (χ3n) is 4.09. The van der Waals surface area contributed by atoms with Crippen LogP contribution >= 0.6 is 11.3 Å². The molecule has 0 saturated carbocycles. The molecule has 0 saturated heterocycles. The van der Waals surface area contributed by atoms with Gasteiger partial charge in [-0.05, 0) is 48.4 Å². The molecule has 0 aliphatic rings. The highest BCUT2D eigenvalue weighted by Gasteiger charge is 2.18. The number of amides is 1. The zero-order valence-corrected chi connectivity index (χ0v) is 16.7. The Hall–Kier alpha value is -2.67. The van der Waals surface area contributed by atoms with E-state index >= 15 is 0 Å². The summed E-state index contributed by atoms with van der Waals surface area (Å²) in [5.41, 5.74) is 2.17. The molecule has 7 heteroatoms. The Labute approximate surface area is 162 Å². The van der Waals surface area contributed by atoms with Crippen molar-refractivity contribution in [1.82, 2.24) is 15.5 Å². The third kappa shape index (κ3) is 4.74. The second-order valence-electron chi connectivity index (χ2n) is 6.66. The molecule has 3 aromatic rings. The molecule has 27 heavy (non-hydrogen) atoms. The van der Waals surface area contributed by atoms with Gasteiger partial charge in [0.15, 0.2) is 6.10 Å².